The highest BCUT2D eigenvalue weighted by atomic mass is 16.3. The second-order valence-corrected chi connectivity index (χ2v) is 14.8. The van der Waals surface area contributed by atoms with Crippen molar-refractivity contribution in [3.8, 4) is 22.5 Å². The van der Waals surface area contributed by atoms with Crippen molar-refractivity contribution in [3.63, 3.8) is 0 Å². The van der Waals surface area contributed by atoms with Crippen LogP contribution in [0.25, 0.3) is 66.7 Å². The molecule has 1 aliphatic rings. The maximum Gasteiger partial charge on any atom is 0.227 e. The fraction of sp³-hybridized carbons (Fsp3) is 0.289. The van der Waals surface area contributed by atoms with Crippen molar-refractivity contribution >= 4 is 44.1 Å². The summed E-state index contributed by atoms with van der Waals surface area (Å²) in [6, 6.07) is 21.1. The zero-order valence-electron chi connectivity index (χ0n) is 33.9. The number of aryl methyl sites for hydroxylation is 6. The SMILES string of the molecule is Cc1ccc2c(n1)oc1c(-c3cc(C(C)C)c(C)c[n+]3C)c(C)ccc12.[2H]C([2H])([2H])c1c[n+]2c(cc1C(C)C)-c1c(ccc3c1oc1nc(C)ccc13)C2. The van der Waals surface area contributed by atoms with E-state index in [1.165, 1.54) is 22.4 Å². The summed E-state index contributed by atoms with van der Waals surface area (Å²) in [7, 11) is 2.11. The Labute approximate surface area is 303 Å². The quantitative estimate of drug-likeness (QED) is 0.175. The van der Waals surface area contributed by atoms with Crippen molar-refractivity contribution in [3.05, 3.63) is 118 Å². The Bertz CT molecular complexity index is 2810. The van der Waals surface area contributed by atoms with E-state index in [2.05, 4.69) is 97.9 Å². The molecule has 0 saturated heterocycles. The van der Waals surface area contributed by atoms with Gasteiger partial charge in [-0.25, -0.2) is 14.5 Å². The number of benzene rings is 2. The van der Waals surface area contributed by atoms with E-state index in [4.69, 9.17) is 12.9 Å². The number of rotatable bonds is 3. The Kier molecular flexibility index (Phi) is 7.00. The van der Waals surface area contributed by atoms with E-state index in [-0.39, 0.29) is 5.92 Å². The molecule has 6 heteroatoms. The van der Waals surface area contributed by atoms with Gasteiger partial charge in [0, 0.05) is 65.9 Å². The molecule has 0 radical (unpaired) electrons. The van der Waals surface area contributed by atoms with Crippen LogP contribution in [0.1, 0.15) is 88.4 Å². The zero-order valence-corrected chi connectivity index (χ0v) is 30.9. The number of hydrogen-bond acceptors (Lipinski definition) is 4. The highest BCUT2D eigenvalue weighted by Gasteiger charge is 2.32. The highest BCUT2D eigenvalue weighted by Crippen LogP contribution is 2.40. The third-order valence-corrected chi connectivity index (χ3v) is 10.4. The van der Waals surface area contributed by atoms with Crippen LogP contribution in [0.15, 0.2) is 81.9 Å². The summed E-state index contributed by atoms with van der Waals surface area (Å²) in [6.07, 6.45) is 4.02. The minimum Gasteiger partial charge on any atom is -0.437 e. The summed E-state index contributed by atoms with van der Waals surface area (Å²) in [4.78, 5) is 9.12. The lowest BCUT2D eigenvalue weighted by Crippen LogP contribution is -2.32. The molecule has 6 aromatic heterocycles. The Morgan fingerprint density at radius 1 is 0.627 bits per heavy atom. The van der Waals surface area contributed by atoms with Gasteiger partial charge in [0.2, 0.25) is 22.8 Å². The van der Waals surface area contributed by atoms with Gasteiger partial charge in [-0.05, 0) is 93.4 Å². The van der Waals surface area contributed by atoms with Crippen molar-refractivity contribution in [2.75, 3.05) is 0 Å². The fourth-order valence-electron chi connectivity index (χ4n) is 7.78. The Morgan fingerprint density at radius 2 is 1.18 bits per heavy atom. The minimum atomic E-state index is -2.13. The lowest BCUT2D eigenvalue weighted by atomic mass is 9.94. The standard InChI is InChI=1S/C23H25N2O.C22H21N2O/c1-13(2)19-11-20(25(6)12-15(19)4)21-14(3)7-9-17-18-10-8-16(5)24-23(18)26-22(17)21;1-12(2)18-9-19-20-15(11-24(19)10-13(18)3)6-8-16-17-7-5-14(4)23-22(17)25-21(16)20/h7-13H,1-6H3;5-10,12H,11H2,1-4H3/q2*+1/i;3D3. The molecular weight excluding hydrogens is 629 g/mol. The van der Waals surface area contributed by atoms with Gasteiger partial charge in [-0.3, -0.25) is 0 Å². The average molecular weight is 678 g/mol. The summed E-state index contributed by atoms with van der Waals surface area (Å²) in [5, 5.41) is 4.25. The van der Waals surface area contributed by atoms with Gasteiger partial charge in [0.1, 0.15) is 7.05 Å². The van der Waals surface area contributed by atoms with Gasteiger partial charge in [0.05, 0.1) is 11.1 Å². The summed E-state index contributed by atoms with van der Waals surface area (Å²) in [5.74, 6) is 0.596. The smallest absolute Gasteiger partial charge is 0.227 e. The van der Waals surface area contributed by atoms with E-state index in [0.717, 1.165) is 72.0 Å². The van der Waals surface area contributed by atoms with E-state index >= 15 is 0 Å². The molecule has 9 rings (SSSR count). The molecule has 0 unspecified atom stereocenters. The van der Waals surface area contributed by atoms with Gasteiger partial charge < -0.3 is 8.83 Å². The second kappa shape index (κ2) is 12.2. The Balaban J connectivity index is 0.000000154. The lowest BCUT2D eigenvalue weighted by molar-refractivity contribution is -0.672. The largest absolute Gasteiger partial charge is 0.437 e. The molecule has 51 heavy (non-hydrogen) atoms. The lowest BCUT2D eigenvalue weighted by Gasteiger charge is -2.12. The molecule has 2 aromatic carbocycles. The molecule has 1 aliphatic heterocycles. The van der Waals surface area contributed by atoms with Gasteiger partial charge in [-0.15, -0.1) is 0 Å². The van der Waals surface area contributed by atoms with E-state index < -0.39 is 6.85 Å². The van der Waals surface area contributed by atoms with Crippen LogP contribution in [0, 0.1) is 34.5 Å². The van der Waals surface area contributed by atoms with Gasteiger partial charge >= 0.3 is 0 Å². The number of furan rings is 2. The molecule has 7 heterocycles. The third-order valence-electron chi connectivity index (χ3n) is 10.4. The van der Waals surface area contributed by atoms with Crippen LogP contribution in [0.2, 0.25) is 0 Å². The first-order valence-electron chi connectivity index (χ1n) is 19.3. The average Bonchev–Trinajstić information content (AvgIpc) is 3.77. The third kappa shape index (κ3) is 5.40. The number of nitrogens with zero attached hydrogens (tertiary/aromatic N) is 4. The molecule has 6 nitrogen and oxygen atoms in total. The molecule has 0 atom stereocenters. The molecule has 0 fully saturated rings. The summed E-state index contributed by atoms with van der Waals surface area (Å²) >= 11 is 0. The Morgan fingerprint density at radius 3 is 1.78 bits per heavy atom. The van der Waals surface area contributed by atoms with Crippen LogP contribution in [0.4, 0.5) is 0 Å². The molecule has 0 amide bonds. The fourth-order valence-corrected chi connectivity index (χ4v) is 7.78. The van der Waals surface area contributed by atoms with Crippen LogP contribution < -0.4 is 9.13 Å². The minimum absolute atomic E-state index is 0.115. The van der Waals surface area contributed by atoms with Crippen LogP contribution in [-0.2, 0) is 13.6 Å². The molecule has 0 aliphatic carbocycles. The molecule has 0 spiro atoms. The first-order valence-corrected chi connectivity index (χ1v) is 17.8. The predicted octanol–water partition coefficient (Wildman–Crippen LogP) is 10.6. The molecule has 0 bridgehead atoms. The molecule has 0 N–H and O–H groups in total. The molecule has 256 valence electrons. The first kappa shape index (κ1) is 29.4. The Hall–Kier alpha value is -5.36. The molecular formula is C45H46N4O2+2. The van der Waals surface area contributed by atoms with Gasteiger partial charge in [-0.2, -0.15) is 4.57 Å². The van der Waals surface area contributed by atoms with Gasteiger partial charge in [-0.1, -0.05) is 45.9 Å². The maximum absolute atomic E-state index is 7.95. The van der Waals surface area contributed by atoms with Crippen LogP contribution in [0.3, 0.4) is 0 Å². The van der Waals surface area contributed by atoms with Crippen molar-refractivity contribution < 1.29 is 22.1 Å². The van der Waals surface area contributed by atoms with Gasteiger partial charge in [0.25, 0.3) is 0 Å². The maximum atomic E-state index is 7.95. The van der Waals surface area contributed by atoms with Crippen molar-refractivity contribution in [1.29, 1.82) is 0 Å². The number of fused-ring (bicyclic) bond motifs is 10. The van der Waals surface area contributed by atoms with Crippen LogP contribution in [-0.4, -0.2) is 9.97 Å². The number of aromatic nitrogens is 4. The van der Waals surface area contributed by atoms with E-state index in [0.29, 0.717) is 29.5 Å². The molecule has 0 saturated carbocycles. The zero-order chi connectivity index (χ0) is 38.4. The highest BCUT2D eigenvalue weighted by molar-refractivity contribution is 6.10. The van der Waals surface area contributed by atoms with E-state index in [1.807, 2.05) is 50.5 Å². The predicted molar refractivity (Wildman–Crippen MR) is 206 cm³/mol. The normalized spacial score (nSPS) is 13.5. The van der Waals surface area contributed by atoms with E-state index in [9.17, 15) is 0 Å². The van der Waals surface area contributed by atoms with E-state index in [1.54, 1.807) is 6.20 Å². The summed E-state index contributed by atoms with van der Waals surface area (Å²) in [6.45, 7) is 15.3. The second-order valence-electron chi connectivity index (χ2n) is 14.8. The monoisotopic (exact) mass is 677 g/mol. The van der Waals surface area contributed by atoms with Crippen LogP contribution in [0.5, 0.6) is 0 Å². The number of pyridine rings is 4. The summed E-state index contributed by atoms with van der Waals surface area (Å²) in [5.41, 5.74) is 15.7. The van der Waals surface area contributed by atoms with Gasteiger partial charge in [0.15, 0.2) is 30.1 Å². The van der Waals surface area contributed by atoms with Crippen molar-refractivity contribution in [1.82, 2.24) is 9.97 Å². The first-order chi connectivity index (χ1) is 25.6. The number of hydrogen-bond donors (Lipinski definition) is 0. The molecule has 8 aromatic rings. The van der Waals surface area contributed by atoms with Crippen molar-refractivity contribution in [2.24, 2.45) is 7.05 Å². The van der Waals surface area contributed by atoms with Crippen molar-refractivity contribution in [2.45, 2.75) is 80.6 Å². The van der Waals surface area contributed by atoms with Crippen LogP contribution >= 0.6 is 0 Å². The topological polar surface area (TPSA) is 59.8 Å². The summed E-state index contributed by atoms with van der Waals surface area (Å²) < 4.78 is 40.5.